The normalized spacial score (nSPS) is 13.2. The molecule has 0 spiro atoms. The second kappa shape index (κ2) is 7.36. The van der Waals surface area contributed by atoms with Crippen molar-refractivity contribution >= 4 is 11.6 Å². The molecule has 0 saturated carbocycles. The molecule has 1 aliphatic rings. The van der Waals surface area contributed by atoms with Crippen LogP contribution in [0.1, 0.15) is 21.5 Å². The second-order valence-electron chi connectivity index (χ2n) is 5.78. The van der Waals surface area contributed by atoms with Gasteiger partial charge in [0, 0.05) is 17.8 Å². The van der Waals surface area contributed by atoms with Crippen molar-refractivity contribution in [2.45, 2.75) is 12.7 Å². The van der Waals surface area contributed by atoms with Gasteiger partial charge in [-0.2, -0.15) is 13.2 Å². The molecule has 1 aliphatic heterocycles. The molecule has 0 saturated heterocycles. The number of carbonyl (C=O) groups excluding carboxylic acids is 1. The van der Waals surface area contributed by atoms with Crippen LogP contribution in [-0.2, 0) is 12.7 Å². The van der Waals surface area contributed by atoms with Gasteiger partial charge in [0.1, 0.15) is 13.2 Å². The SMILES string of the molecule is COc1cc(C(=O)Nc2cc(CN)cc(C(F)(F)F)c2)cc2c1OCCO2. The van der Waals surface area contributed by atoms with E-state index in [0.717, 1.165) is 12.1 Å². The first-order chi connectivity index (χ1) is 12.8. The van der Waals surface area contributed by atoms with E-state index >= 15 is 0 Å². The van der Waals surface area contributed by atoms with Crippen LogP contribution in [0, 0.1) is 0 Å². The zero-order valence-electron chi connectivity index (χ0n) is 14.4. The van der Waals surface area contributed by atoms with E-state index in [1.54, 1.807) is 0 Å². The second-order valence-corrected chi connectivity index (χ2v) is 5.78. The van der Waals surface area contributed by atoms with Crippen LogP contribution in [0.4, 0.5) is 18.9 Å². The Bertz CT molecular complexity index is 851. The number of methoxy groups -OCH3 is 1. The summed E-state index contributed by atoms with van der Waals surface area (Å²) in [6.07, 6.45) is -4.55. The minimum absolute atomic E-state index is 0.0101. The Morgan fingerprint density at radius 1 is 1.19 bits per heavy atom. The van der Waals surface area contributed by atoms with E-state index in [4.69, 9.17) is 19.9 Å². The van der Waals surface area contributed by atoms with Gasteiger partial charge in [0.25, 0.3) is 5.91 Å². The molecule has 2 aromatic rings. The molecular weight excluding hydrogens is 365 g/mol. The summed E-state index contributed by atoms with van der Waals surface area (Å²) in [4.78, 5) is 12.6. The smallest absolute Gasteiger partial charge is 0.416 e. The monoisotopic (exact) mass is 382 g/mol. The van der Waals surface area contributed by atoms with Crippen molar-refractivity contribution < 1.29 is 32.2 Å². The zero-order chi connectivity index (χ0) is 19.6. The summed E-state index contributed by atoms with van der Waals surface area (Å²) in [7, 11) is 1.41. The number of hydrogen-bond acceptors (Lipinski definition) is 5. The number of anilines is 1. The van der Waals surface area contributed by atoms with Crippen LogP contribution in [0.3, 0.4) is 0 Å². The molecule has 0 bridgehead atoms. The summed E-state index contributed by atoms with van der Waals surface area (Å²) in [5.74, 6) is 0.388. The predicted octanol–water partition coefficient (Wildman–Crippen LogP) is 3.20. The number of ether oxygens (including phenoxy) is 3. The molecule has 6 nitrogen and oxygen atoms in total. The molecule has 144 valence electrons. The van der Waals surface area contributed by atoms with Crippen LogP contribution in [0.15, 0.2) is 30.3 Å². The molecule has 0 radical (unpaired) electrons. The molecular formula is C18H17F3N2O4. The van der Waals surface area contributed by atoms with Crippen molar-refractivity contribution in [1.29, 1.82) is 0 Å². The van der Waals surface area contributed by atoms with E-state index in [0.29, 0.717) is 30.5 Å². The number of nitrogens with two attached hydrogens (primary N) is 1. The summed E-state index contributed by atoms with van der Waals surface area (Å²) in [6, 6.07) is 6.07. The fourth-order valence-corrected chi connectivity index (χ4v) is 2.65. The van der Waals surface area contributed by atoms with E-state index in [1.165, 1.54) is 25.3 Å². The number of amides is 1. The Morgan fingerprint density at radius 2 is 1.93 bits per heavy atom. The number of benzene rings is 2. The van der Waals surface area contributed by atoms with Gasteiger partial charge in [-0.1, -0.05) is 0 Å². The molecule has 0 aromatic heterocycles. The average molecular weight is 382 g/mol. The van der Waals surface area contributed by atoms with Crippen molar-refractivity contribution in [1.82, 2.24) is 0 Å². The standard InChI is InChI=1S/C18H17F3N2O4/c1-25-14-6-11(7-15-16(14)27-3-2-26-15)17(24)23-13-5-10(9-22)4-12(8-13)18(19,20)21/h4-8H,2-3,9,22H2,1H3,(H,23,24). The number of fused-ring (bicyclic) bond motifs is 1. The quantitative estimate of drug-likeness (QED) is 0.849. The van der Waals surface area contributed by atoms with E-state index in [2.05, 4.69) is 5.32 Å². The predicted molar refractivity (Wildman–Crippen MR) is 91.3 cm³/mol. The third-order valence-electron chi connectivity index (χ3n) is 3.90. The number of nitrogens with one attached hydrogen (secondary N) is 1. The number of hydrogen-bond donors (Lipinski definition) is 2. The zero-order valence-corrected chi connectivity index (χ0v) is 14.4. The third kappa shape index (κ3) is 4.08. The largest absolute Gasteiger partial charge is 0.493 e. The van der Waals surface area contributed by atoms with E-state index in [-0.39, 0.29) is 23.4 Å². The van der Waals surface area contributed by atoms with Gasteiger partial charge in [0.2, 0.25) is 5.75 Å². The van der Waals surface area contributed by atoms with Crippen LogP contribution in [0.2, 0.25) is 0 Å². The van der Waals surface area contributed by atoms with Crippen molar-refractivity contribution in [2.75, 3.05) is 25.6 Å². The first kappa shape index (κ1) is 18.8. The van der Waals surface area contributed by atoms with Crippen molar-refractivity contribution in [3.63, 3.8) is 0 Å². The highest BCUT2D eigenvalue weighted by molar-refractivity contribution is 6.05. The summed E-state index contributed by atoms with van der Waals surface area (Å²) >= 11 is 0. The van der Waals surface area contributed by atoms with Gasteiger partial charge in [-0.25, -0.2) is 0 Å². The highest BCUT2D eigenvalue weighted by Gasteiger charge is 2.31. The molecule has 0 unspecified atom stereocenters. The van der Waals surface area contributed by atoms with Crippen molar-refractivity contribution in [2.24, 2.45) is 5.73 Å². The van der Waals surface area contributed by atoms with Crippen LogP contribution in [0.5, 0.6) is 17.2 Å². The van der Waals surface area contributed by atoms with Crippen molar-refractivity contribution in [3.8, 4) is 17.2 Å². The molecule has 0 aliphatic carbocycles. The third-order valence-corrected chi connectivity index (χ3v) is 3.90. The van der Waals surface area contributed by atoms with E-state index in [1.807, 2.05) is 0 Å². The van der Waals surface area contributed by atoms with Gasteiger partial charge in [-0.05, 0) is 35.9 Å². The van der Waals surface area contributed by atoms with Gasteiger partial charge in [0.05, 0.1) is 12.7 Å². The topological polar surface area (TPSA) is 82.8 Å². The number of alkyl halides is 3. The minimum Gasteiger partial charge on any atom is -0.493 e. The van der Waals surface area contributed by atoms with Crippen LogP contribution in [-0.4, -0.2) is 26.2 Å². The maximum atomic E-state index is 13.0. The van der Waals surface area contributed by atoms with Gasteiger partial charge in [-0.3, -0.25) is 4.79 Å². The van der Waals surface area contributed by atoms with Gasteiger partial charge in [-0.15, -0.1) is 0 Å². The molecule has 1 heterocycles. The molecule has 0 atom stereocenters. The maximum Gasteiger partial charge on any atom is 0.416 e. The molecule has 1 amide bonds. The highest BCUT2D eigenvalue weighted by atomic mass is 19.4. The van der Waals surface area contributed by atoms with Crippen LogP contribution in [0.25, 0.3) is 0 Å². The number of rotatable bonds is 4. The Labute approximate surface area is 153 Å². The van der Waals surface area contributed by atoms with Gasteiger partial charge in [0.15, 0.2) is 11.5 Å². The Kier molecular flexibility index (Phi) is 5.13. The van der Waals surface area contributed by atoms with Crippen molar-refractivity contribution in [3.05, 3.63) is 47.0 Å². The Balaban J connectivity index is 1.92. The Morgan fingerprint density at radius 3 is 2.59 bits per heavy atom. The Hall–Kier alpha value is -2.94. The highest BCUT2D eigenvalue weighted by Crippen LogP contribution is 2.40. The van der Waals surface area contributed by atoms with Gasteiger partial charge >= 0.3 is 6.18 Å². The lowest BCUT2D eigenvalue weighted by Gasteiger charge is -2.21. The summed E-state index contributed by atoms with van der Waals surface area (Å²) in [6.45, 7) is 0.570. The van der Waals surface area contributed by atoms with Crippen LogP contribution < -0.4 is 25.3 Å². The summed E-state index contributed by atoms with van der Waals surface area (Å²) < 4.78 is 55.2. The van der Waals surface area contributed by atoms with E-state index < -0.39 is 17.6 Å². The first-order valence-corrected chi connectivity index (χ1v) is 8.02. The number of halogens is 3. The lowest BCUT2D eigenvalue weighted by atomic mass is 10.1. The number of carbonyl (C=O) groups is 1. The lowest BCUT2D eigenvalue weighted by molar-refractivity contribution is -0.137. The van der Waals surface area contributed by atoms with Gasteiger partial charge < -0.3 is 25.3 Å². The first-order valence-electron chi connectivity index (χ1n) is 8.02. The average Bonchev–Trinajstić information content (AvgIpc) is 2.66. The molecule has 3 rings (SSSR count). The minimum atomic E-state index is -4.55. The molecule has 9 heteroatoms. The molecule has 3 N–H and O–H groups in total. The fourth-order valence-electron chi connectivity index (χ4n) is 2.65. The molecule has 2 aromatic carbocycles. The van der Waals surface area contributed by atoms with Crippen LogP contribution >= 0.6 is 0 Å². The molecule has 0 fully saturated rings. The summed E-state index contributed by atoms with van der Waals surface area (Å²) in [5, 5.41) is 2.46. The fraction of sp³-hybridized carbons (Fsp3) is 0.278. The van der Waals surface area contributed by atoms with E-state index in [9.17, 15) is 18.0 Å². The maximum absolute atomic E-state index is 13.0. The summed E-state index contributed by atoms with van der Waals surface area (Å²) in [5.41, 5.74) is 4.97. The lowest BCUT2D eigenvalue weighted by Crippen LogP contribution is -2.18. The molecule has 27 heavy (non-hydrogen) atoms.